The number of hydrogen-bond donors (Lipinski definition) is 2. The number of carboxylic acid groups (broad SMARTS) is 1. The van der Waals surface area contributed by atoms with Gasteiger partial charge >= 0.3 is 5.97 Å². The highest BCUT2D eigenvalue weighted by molar-refractivity contribution is 5.74. The van der Waals surface area contributed by atoms with Gasteiger partial charge in [0.05, 0.1) is 5.92 Å². The number of carbonyl (C=O) groups is 1. The Kier molecular flexibility index (Phi) is 3.27. The summed E-state index contributed by atoms with van der Waals surface area (Å²) >= 11 is 0. The van der Waals surface area contributed by atoms with Crippen LogP contribution in [0.25, 0.3) is 11.1 Å². The van der Waals surface area contributed by atoms with E-state index in [2.05, 4.69) is 10.3 Å². The summed E-state index contributed by atoms with van der Waals surface area (Å²) in [6.07, 6.45) is 0.536. The molecule has 90 valence electrons. The molecule has 0 bridgehead atoms. The van der Waals surface area contributed by atoms with E-state index < -0.39 is 5.97 Å². The molecule has 5 nitrogen and oxygen atoms in total. The third kappa shape index (κ3) is 2.75. The molecule has 1 atom stereocenters. The van der Waals surface area contributed by atoms with Gasteiger partial charge in [-0.25, -0.2) is 0 Å². The van der Waals surface area contributed by atoms with Gasteiger partial charge in [0, 0.05) is 6.54 Å². The smallest absolute Gasteiger partial charge is 0.306 e. The molecule has 2 rings (SSSR count). The second-order valence-corrected chi connectivity index (χ2v) is 3.94. The molecule has 0 aliphatic heterocycles. The van der Waals surface area contributed by atoms with Crippen LogP contribution in [0.15, 0.2) is 28.7 Å². The number of anilines is 1. The predicted molar refractivity (Wildman–Crippen MR) is 63.9 cm³/mol. The molecule has 5 heteroatoms. The molecule has 0 saturated carbocycles. The fourth-order valence-electron chi connectivity index (χ4n) is 1.47. The summed E-state index contributed by atoms with van der Waals surface area (Å²) in [4.78, 5) is 14.8. The molecule has 2 N–H and O–H groups in total. The highest BCUT2D eigenvalue weighted by Gasteiger charge is 2.10. The fourth-order valence-corrected chi connectivity index (χ4v) is 1.47. The lowest BCUT2D eigenvalue weighted by molar-refractivity contribution is -0.141. The summed E-state index contributed by atoms with van der Waals surface area (Å²) in [5.74, 6) is -1.16. The van der Waals surface area contributed by atoms with Crippen molar-refractivity contribution in [2.45, 2.75) is 13.3 Å². The van der Waals surface area contributed by atoms with Gasteiger partial charge in [-0.05, 0) is 18.6 Å². The number of nitrogens with zero attached hydrogens (tertiary/aromatic N) is 1. The first kappa shape index (κ1) is 11.4. The van der Waals surface area contributed by atoms with Gasteiger partial charge in [0.1, 0.15) is 5.52 Å². The predicted octanol–water partition coefficient (Wildman–Crippen LogP) is 2.35. The maximum absolute atomic E-state index is 10.6. The summed E-state index contributed by atoms with van der Waals surface area (Å²) in [6.45, 7) is 2.20. The summed E-state index contributed by atoms with van der Waals surface area (Å²) < 4.78 is 5.44. The number of para-hydroxylation sites is 2. The SMILES string of the molecule is CC(CCNc1nc2ccccc2o1)C(=O)O. The van der Waals surface area contributed by atoms with Crippen LogP contribution in [0.5, 0.6) is 0 Å². The van der Waals surface area contributed by atoms with E-state index in [0.29, 0.717) is 19.0 Å². The average Bonchev–Trinajstić information content (AvgIpc) is 2.71. The van der Waals surface area contributed by atoms with Gasteiger partial charge in [0.15, 0.2) is 5.58 Å². The van der Waals surface area contributed by atoms with Crippen molar-refractivity contribution in [1.29, 1.82) is 0 Å². The lowest BCUT2D eigenvalue weighted by atomic mass is 10.1. The molecule has 17 heavy (non-hydrogen) atoms. The summed E-state index contributed by atoms with van der Waals surface area (Å²) in [7, 11) is 0. The van der Waals surface area contributed by atoms with Crippen LogP contribution in [0.2, 0.25) is 0 Å². The molecule has 0 aliphatic carbocycles. The molecule has 1 aromatic heterocycles. The molecular weight excluding hydrogens is 220 g/mol. The van der Waals surface area contributed by atoms with Crippen LogP contribution in [-0.2, 0) is 4.79 Å². The van der Waals surface area contributed by atoms with Crippen molar-refractivity contribution in [1.82, 2.24) is 4.98 Å². The van der Waals surface area contributed by atoms with E-state index in [0.717, 1.165) is 11.1 Å². The highest BCUT2D eigenvalue weighted by Crippen LogP contribution is 2.18. The van der Waals surface area contributed by atoms with E-state index in [9.17, 15) is 4.79 Å². The third-order valence-corrected chi connectivity index (χ3v) is 2.57. The maximum Gasteiger partial charge on any atom is 0.306 e. The number of nitrogens with one attached hydrogen (secondary N) is 1. The van der Waals surface area contributed by atoms with Crippen LogP contribution < -0.4 is 5.32 Å². The summed E-state index contributed by atoms with van der Waals surface area (Å²) in [6, 6.07) is 7.91. The van der Waals surface area contributed by atoms with Crippen LogP contribution >= 0.6 is 0 Å². The number of oxazole rings is 1. The Bertz CT molecular complexity index is 488. The zero-order valence-electron chi connectivity index (χ0n) is 9.51. The van der Waals surface area contributed by atoms with E-state index in [1.54, 1.807) is 6.92 Å². The standard InChI is InChI=1S/C12H14N2O3/c1-8(11(15)16)6-7-13-12-14-9-4-2-3-5-10(9)17-12/h2-5,8H,6-7H2,1H3,(H,13,14)(H,15,16). The Balaban J connectivity index is 1.93. The summed E-state index contributed by atoms with van der Waals surface area (Å²) in [5.41, 5.74) is 1.52. The maximum atomic E-state index is 10.6. The van der Waals surface area contributed by atoms with Crippen molar-refractivity contribution in [3.8, 4) is 0 Å². The fraction of sp³-hybridized carbons (Fsp3) is 0.333. The minimum absolute atomic E-state index is 0.369. The molecule has 0 saturated heterocycles. The zero-order chi connectivity index (χ0) is 12.3. The quantitative estimate of drug-likeness (QED) is 0.830. The van der Waals surface area contributed by atoms with Gasteiger partial charge in [-0.15, -0.1) is 0 Å². The minimum atomic E-state index is -0.788. The molecule has 0 radical (unpaired) electrons. The topological polar surface area (TPSA) is 75.4 Å². The number of carboxylic acids is 1. The molecule has 1 aromatic carbocycles. The van der Waals surface area contributed by atoms with Crippen LogP contribution in [0, 0.1) is 5.92 Å². The van der Waals surface area contributed by atoms with Crippen molar-refractivity contribution >= 4 is 23.1 Å². The Morgan fingerprint density at radius 3 is 3.00 bits per heavy atom. The van der Waals surface area contributed by atoms with Gasteiger partial charge < -0.3 is 14.8 Å². The minimum Gasteiger partial charge on any atom is -0.481 e. The molecule has 0 fully saturated rings. The second-order valence-electron chi connectivity index (χ2n) is 3.94. The van der Waals surface area contributed by atoms with E-state index in [1.165, 1.54) is 0 Å². The zero-order valence-corrected chi connectivity index (χ0v) is 9.51. The molecule has 0 aliphatic rings. The van der Waals surface area contributed by atoms with Crippen LogP contribution in [0.3, 0.4) is 0 Å². The van der Waals surface area contributed by atoms with Crippen molar-refractivity contribution in [2.75, 3.05) is 11.9 Å². The van der Waals surface area contributed by atoms with Gasteiger partial charge in [-0.3, -0.25) is 4.79 Å². The van der Waals surface area contributed by atoms with Crippen molar-refractivity contribution < 1.29 is 14.3 Å². The van der Waals surface area contributed by atoms with Gasteiger partial charge in [-0.1, -0.05) is 19.1 Å². The number of fused-ring (bicyclic) bond motifs is 1. The van der Waals surface area contributed by atoms with E-state index >= 15 is 0 Å². The molecule has 0 amide bonds. The highest BCUT2D eigenvalue weighted by atomic mass is 16.4. The molecule has 1 unspecified atom stereocenters. The van der Waals surface area contributed by atoms with Crippen LogP contribution in [0.1, 0.15) is 13.3 Å². The number of aromatic nitrogens is 1. The first-order chi connectivity index (χ1) is 8.16. The number of rotatable bonds is 5. The lowest BCUT2D eigenvalue weighted by Gasteiger charge is -2.05. The number of aliphatic carboxylic acids is 1. The van der Waals surface area contributed by atoms with Crippen molar-refractivity contribution in [3.63, 3.8) is 0 Å². The molecule has 0 spiro atoms. The van der Waals surface area contributed by atoms with Gasteiger partial charge in [0.2, 0.25) is 0 Å². The van der Waals surface area contributed by atoms with E-state index in [4.69, 9.17) is 9.52 Å². The van der Waals surface area contributed by atoms with E-state index in [-0.39, 0.29) is 5.92 Å². The van der Waals surface area contributed by atoms with Crippen molar-refractivity contribution in [3.05, 3.63) is 24.3 Å². The van der Waals surface area contributed by atoms with Gasteiger partial charge in [-0.2, -0.15) is 4.98 Å². The summed E-state index contributed by atoms with van der Waals surface area (Å²) in [5, 5.41) is 11.7. The Labute approximate surface area is 98.5 Å². The molecule has 1 heterocycles. The van der Waals surface area contributed by atoms with Crippen LogP contribution in [0.4, 0.5) is 6.01 Å². The third-order valence-electron chi connectivity index (χ3n) is 2.57. The lowest BCUT2D eigenvalue weighted by Crippen LogP contribution is -2.14. The number of benzene rings is 1. The Morgan fingerprint density at radius 2 is 2.29 bits per heavy atom. The normalized spacial score (nSPS) is 12.5. The molecule has 2 aromatic rings. The van der Waals surface area contributed by atoms with E-state index in [1.807, 2.05) is 24.3 Å². The Hall–Kier alpha value is -2.04. The van der Waals surface area contributed by atoms with Crippen molar-refractivity contribution in [2.24, 2.45) is 5.92 Å². The van der Waals surface area contributed by atoms with Gasteiger partial charge in [0.25, 0.3) is 6.01 Å². The largest absolute Gasteiger partial charge is 0.481 e. The average molecular weight is 234 g/mol. The second kappa shape index (κ2) is 4.86. The first-order valence-electron chi connectivity index (χ1n) is 5.49. The monoisotopic (exact) mass is 234 g/mol. The Morgan fingerprint density at radius 1 is 1.53 bits per heavy atom. The molecular formula is C12H14N2O3. The number of hydrogen-bond acceptors (Lipinski definition) is 4. The first-order valence-corrected chi connectivity index (χ1v) is 5.49. The van der Waals surface area contributed by atoms with Crippen LogP contribution in [-0.4, -0.2) is 22.6 Å².